The van der Waals surface area contributed by atoms with E-state index >= 15 is 0 Å². The number of thiol groups is 1. The SMILES string of the molecule is NC(CS)C(=O)O.NCCCCC(N)C(=O)O.NCCCCC(N)C(=O)O.NCCCCC(N)C(=O)O.NCCCCC(N)C(=O)O. The van der Waals surface area contributed by atoms with Gasteiger partial charge in [-0.1, -0.05) is 25.7 Å². The van der Waals surface area contributed by atoms with E-state index in [1.165, 1.54) is 0 Å². The van der Waals surface area contributed by atoms with Gasteiger partial charge in [0.1, 0.15) is 30.2 Å². The molecule has 0 aliphatic carbocycles. The lowest BCUT2D eigenvalue weighted by Crippen LogP contribution is -2.31. The van der Waals surface area contributed by atoms with Crippen LogP contribution in [0.5, 0.6) is 0 Å². The van der Waals surface area contributed by atoms with Gasteiger partial charge >= 0.3 is 29.8 Å². The van der Waals surface area contributed by atoms with Gasteiger partial charge in [0.15, 0.2) is 0 Å². The highest BCUT2D eigenvalue weighted by Crippen LogP contribution is 1.99. The molecule has 5 atom stereocenters. The fourth-order valence-corrected chi connectivity index (χ4v) is 2.76. The molecule has 0 amide bonds. The molecule has 19 nitrogen and oxygen atoms in total. The maximum atomic E-state index is 10.1. The predicted molar refractivity (Wildman–Crippen MR) is 184 cm³/mol. The highest BCUT2D eigenvalue weighted by molar-refractivity contribution is 7.80. The molecular weight excluding hydrogens is 642 g/mol. The summed E-state index contributed by atoms with van der Waals surface area (Å²) in [6.07, 6.45) is 8.66. The van der Waals surface area contributed by atoms with Crippen molar-refractivity contribution in [2.45, 2.75) is 107 Å². The van der Waals surface area contributed by atoms with Crippen LogP contribution < -0.4 is 51.6 Å². The fourth-order valence-electron chi connectivity index (χ4n) is 2.61. The minimum absolute atomic E-state index is 0.190. The van der Waals surface area contributed by atoms with Crippen molar-refractivity contribution >= 4 is 42.5 Å². The third-order valence-corrected chi connectivity index (χ3v) is 6.05. The van der Waals surface area contributed by atoms with Crippen LogP contribution in [-0.2, 0) is 24.0 Å². The van der Waals surface area contributed by atoms with Crippen LogP contribution in [0, 0.1) is 0 Å². The zero-order chi connectivity index (χ0) is 37.8. The van der Waals surface area contributed by atoms with Crippen molar-refractivity contribution in [2.24, 2.45) is 51.6 Å². The summed E-state index contributed by atoms with van der Waals surface area (Å²) in [5.74, 6) is -4.55. The number of carboxylic acid groups (broad SMARTS) is 5. The summed E-state index contributed by atoms with van der Waals surface area (Å²) in [6, 6.07) is -3.68. The van der Waals surface area contributed by atoms with Crippen LogP contribution in [0.1, 0.15) is 77.0 Å². The molecular formula is C27H63N9O10S. The Hall–Kier alpha value is -2.66. The standard InChI is InChI=1S/4C6H14N2O2.C3H7NO2S/c4*7-4-2-1-3-5(8)6(9)10;4-2(1-7)3(5)6/h4*5H,1-4,7-8H2,(H,9,10);2,7H,1,4H2,(H,5,6). The number of nitrogens with two attached hydrogens (primary N) is 9. The van der Waals surface area contributed by atoms with Crippen molar-refractivity contribution in [3.8, 4) is 0 Å². The maximum absolute atomic E-state index is 10.1. The van der Waals surface area contributed by atoms with E-state index in [9.17, 15) is 24.0 Å². The van der Waals surface area contributed by atoms with Crippen molar-refractivity contribution in [3.63, 3.8) is 0 Å². The molecule has 0 fully saturated rings. The molecule has 0 aromatic rings. The zero-order valence-corrected chi connectivity index (χ0v) is 28.2. The molecule has 0 aliphatic rings. The van der Waals surface area contributed by atoms with Gasteiger partial charge in [0.25, 0.3) is 0 Å². The number of carbonyl (C=O) groups is 5. The molecule has 0 aromatic carbocycles. The number of hydrogen-bond acceptors (Lipinski definition) is 15. The van der Waals surface area contributed by atoms with Gasteiger partial charge in [0.05, 0.1) is 0 Å². The molecule has 0 saturated heterocycles. The van der Waals surface area contributed by atoms with Gasteiger partial charge in [-0.15, -0.1) is 0 Å². The average molecular weight is 706 g/mol. The second-order valence-corrected chi connectivity index (χ2v) is 10.4. The molecule has 0 aliphatic heterocycles. The van der Waals surface area contributed by atoms with Gasteiger partial charge in [0.2, 0.25) is 0 Å². The Balaban J connectivity index is -0.000000157. The summed E-state index contributed by atoms with van der Waals surface area (Å²) in [5.41, 5.74) is 46.6. The summed E-state index contributed by atoms with van der Waals surface area (Å²) in [4.78, 5) is 50.3. The highest BCUT2D eigenvalue weighted by atomic mass is 32.1. The van der Waals surface area contributed by atoms with Crippen LogP contribution in [0.25, 0.3) is 0 Å². The Morgan fingerprint density at radius 2 is 0.553 bits per heavy atom. The fraction of sp³-hybridized carbons (Fsp3) is 0.815. The van der Waals surface area contributed by atoms with Gasteiger partial charge in [-0.3, -0.25) is 24.0 Å². The summed E-state index contributed by atoms with van der Waals surface area (Å²) in [6.45, 7) is 2.41. The van der Waals surface area contributed by atoms with E-state index in [1.807, 2.05) is 0 Å². The van der Waals surface area contributed by atoms with Crippen LogP contribution >= 0.6 is 12.6 Å². The number of hydrogen-bond donors (Lipinski definition) is 15. The van der Waals surface area contributed by atoms with Gasteiger partial charge in [-0.2, -0.15) is 12.6 Å². The molecule has 20 heteroatoms. The molecule has 0 rings (SSSR count). The maximum Gasteiger partial charge on any atom is 0.321 e. The van der Waals surface area contributed by atoms with Gasteiger partial charge in [-0.05, 0) is 77.5 Å². The highest BCUT2D eigenvalue weighted by Gasteiger charge is 2.11. The smallest absolute Gasteiger partial charge is 0.321 e. The van der Waals surface area contributed by atoms with Crippen molar-refractivity contribution in [3.05, 3.63) is 0 Å². The van der Waals surface area contributed by atoms with E-state index in [1.54, 1.807) is 0 Å². The van der Waals surface area contributed by atoms with Crippen molar-refractivity contribution in [1.29, 1.82) is 0 Å². The Kier molecular flexibility index (Phi) is 45.2. The minimum atomic E-state index is -1.00. The molecule has 0 radical (unpaired) electrons. The van der Waals surface area contributed by atoms with Crippen molar-refractivity contribution in [2.75, 3.05) is 31.9 Å². The molecule has 0 aromatic heterocycles. The van der Waals surface area contributed by atoms with Gasteiger partial charge in [0, 0.05) is 5.75 Å². The second kappa shape index (κ2) is 39.5. The van der Waals surface area contributed by atoms with Gasteiger partial charge in [-0.25, -0.2) is 0 Å². The quantitative estimate of drug-likeness (QED) is 0.0406. The second-order valence-electron chi connectivity index (χ2n) is 10.0. The molecule has 5 unspecified atom stereocenters. The first-order valence-corrected chi connectivity index (χ1v) is 15.9. The molecule has 23 N–H and O–H groups in total. The van der Waals surface area contributed by atoms with E-state index < -0.39 is 60.1 Å². The molecule has 0 bridgehead atoms. The van der Waals surface area contributed by atoms with E-state index in [-0.39, 0.29) is 5.75 Å². The predicted octanol–water partition coefficient (Wildman–Crippen LogP) is -2.56. The number of carboxylic acids is 5. The van der Waals surface area contributed by atoms with Gasteiger partial charge < -0.3 is 77.1 Å². The number of rotatable bonds is 22. The Morgan fingerprint density at radius 1 is 0.383 bits per heavy atom. The average Bonchev–Trinajstić information content (AvgIpc) is 3.01. The van der Waals surface area contributed by atoms with E-state index in [0.29, 0.717) is 51.9 Å². The lowest BCUT2D eigenvalue weighted by Gasteiger charge is -2.03. The number of aliphatic carboxylic acids is 5. The van der Waals surface area contributed by atoms with E-state index in [2.05, 4.69) is 12.6 Å². The molecule has 282 valence electrons. The minimum Gasteiger partial charge on any atom is -0.480 e. The van der Waals surface area contributed by atoms with Crippen LogP contribution in [0.15, 0.2) is 0 Å². The molecule has 0 heterocycles. The lowest BCUT2D eigenvalue weighted by molar-refractivity contribution is -0.139. The van der Waals surface area contributed by atoms with E-state index in [4.69, 9.17) is 77.1 Å². The molecule has 0 spiro atoms. The van der Waals surface area contributed by atoms with Crippen LogP contribution in [0.4, 0.5) is 0 Å². The van der Waals surface area contributed by atoms with E-state index in [0.717, 1.165) is 51.4 Å². The van der Waals surface area contributed by atoms with Crippen LogP contribution in [0.2, 0.25) is 0 Å². The summed E-state index contributed by atoms with van der Waals surface area (Å²) < 4.78 is 0. The Morgan fingerprint density at radius 3 is 0.638 bits per heavy atom. The topological polar surface area (TPSA) is 421 Å². The Labute approximate surface area is 282 Å². The third-order valence-electron chi connectivity index (χ3n) is 5.66. The van der Waals surface area contributed by atoms with Crippen molar-refractivity contribution in [1.82, 2.24) is 0 Å². The Bertz CT molecular complexity index is 685. The molecule has 0 saturated carbocycles. The first-order chi connectivity index (χ1) is 21.9. The first-order valence-electron chi connectivity index (χ1n) is 15.2. The van der Waals surface area contributed by atoms with Crippen LogP contribution in [-0.4, -0.2) is 118 Å². The number of unbranched alkanes of at least 4 members (excludes halogenated alkanes) is 4. The third kappa shape index (κ3) is 47.9. The summed E-state index contributed by atoms with van der Waals surface area (Å²) in [7, 11) is 0. The molecule has 47 heavy (non-hydrogen) atoms. The normalized spacial score (nSPS) is 13.1. The lowest BCUT2D eigenvalue weighted by atomic mass is 10.1. The summed E-state index contributed by atoms with van der Waals surface area (Å²) >= 11 is 3.65. The summed E-state index contributed by atoms with van der Waals surface area (Å²) in [5, 5.41) is 41.3. The first kappa shape index (κ1) is 53.8. The van der Waals surface area contributed by atoms with Crippen molar-refractivity contribution < 1.29 is 49.5 Å². The largest absolute Gasteiger partial charge is 0.480 e. The zero-order valence-electron chi connectivity index (χ0n) is 27.3. The van der Waals surface area contributed by atoms with Crippen LogP contribution in [0.3, 0.4) is 0 Å². The monoisotopic (exact) mass is 705 g/mol.